The molecular formula is C14H27N3O2. The Morgan fingerprint density at radius 1 is 1.21 bits per heavy atom. The molecule has 19 heavy (non-hydrogen) atoms. The number of nitrogens with one attached hydrogen (secondary N) is 1. The van der Waals surface area contributed by atoms with Crippen molar-refractivity contribution in [2.24, 2.45) is 0 Å². The zero-order chi connectivity index (χ0) is 13.8. The van der Waals surface area contributed by atoms with Gasteiger partial charge in [-0.05, 0) is 19.3 Å². The van der Waals surface area contributed by atoms with Gasteiger partial charge in [0.05, 0.1) is 13.2 Å². The average Bonchev–Trinajstić information content (AvgIpc) is 2.87. The number of hydrogen-bond acceptors (Lipinski definition) is 4. The summed E-state index contributed by atoms with van der Waals surface area (Å²) in [5, 5.41) is 3.38. The molecule has 0 spiro atoms. The van der Waals surface area contributed by atoms with E-state index < -0.39 is 0 Å². The summed E-state index contributed by atoms with van der Waals surface area (Å²) in [6.07, 6.45) is 8.44. The van der Waals surface area contributed by atoms with E-state index in [-0.39, 0.29) is 0 Å². The number of ether oxygens (including phenoxy) is 2. The third-order valence-corrected chi connectivity index (χ3v) is 2.90. The summed E-state index contributed by atoms with van der Waals surface area (Å²) in [6, 6.07) is 0. The highest BCUT2D eigenvalue weighted by atomic mass is 16.5. The summed E-state index contributed by atoms with van der Waals surface area (Å²) >= 11 is 0. The molecule has 0 unspecified atom stereocenters. The Bertz CT molecular complexity index is 315. The van der Waals surface area contributed by atoms with Crippen molar-refractivity contribution in [1.82, 2.24) is 9.55 Å². The van der Waals surface area contributed by atoms with Crippen LogP contribution in [0.1, 0.15) is 32.6 Å². The fourth-order valence-electron chi connectivity index (χ4n) is 1.76. The van der Waals surface area contributed by atoms with Crippen LogP contribution in [-0.4, -0.2) is 43.0 Å². The molecule has 1 N–H and O–H groups in total. The van der Waals surface area contributed by atoms with E-state index >= 15 is 0 Å². The van der Waals surface area contributed by atoms with Gasteiger partial charge < -0.3 is 19.4 Å². The second kappa shape index (κ2) is 10.8. The van der Waals surface area contributed by atoms with Gasteiger partial charge in [0.1, 0.15) is 0 Å². The first kappa shape index (κ1) is 16.0. The van der Waals surface area contributed by atoms with E-state index in [1.165, 1.54) is 12.8 Å². The van der Waals surface area contributed by atoms with E-state index in [4.69, 9.17) is 9.47 Å². The maximum absolute atomic E-state index is 5.41. The van der Waals surface area contributed by atoms with Crippen molar-refractivity contribution < 1.29 is 9.47 Å². The molecule has 0 saturated heterocycles. The van der Waals surface area contributed by atoms with Gasteiger partial charge in [-0.25, -0.2) is 4.98 Å². The number of unbranched alkanes of at least 4 members (excludes halogenated alkanes) is 2. The molecule has 0 saturated carbocycles. The SMILES string of the molecule is CCCCn1ccnc1NCCCCOCCOC. The van der Waals surface area contributed by atoms with Crippen LogP contribution < -0.4 is 5.32 Å². The molecule has 0 fully saturated rings. The lowest BCUT2D eigenvalue weighted by Crippen LogP contribution is -2.10. The van der Waals surface area contributed by atoms with Crippen LogP contribution in [0.15, 0.2) is 12.4 Å². The quantitative estimate of drug-likeness (QED) is 0.592. The number of aromatic nitrogens is 2. The minimum absolute atomic E-state index is 0.674. The fourth-order valence-corrected chi connectivity index (χ4v) is 1.76. The molecule has 110 valence electrons. The molecule has 5 heteroatoms. The molecule has 1 rings (SSSR count). The zero-order valence-corrected chi connectivity index (χ0v) is 12.2. The number of nitrogens with zero attached hydrogens (tertiary/aromatic N) is 2. The topological polar surface area (TPSA) is 48.3 Å². The second-order valence-corrected chi connectivity index (χ2v) is 4.54. The first-order chi connectivity index (χ1) is 9.38. The molecule has 0 aliphatic heterocycles. The Morgan fingerprint density at radius 2 is 2.11 bits per heavy atom. The highest BCUT2D eigenvalue weighted by Gasteiger charge is 2.00. The molecule has 0 aromatic carbocycles. The van der Waals surface area contributed by atoms with E-state index in [9.17, 15) is 0 Å². The molecular weight excluding hydrogens is 242 g/mol. The largest absolute Gasteiger partial charge is 0.382 e. The Kier molecular flexibility index (Phi) is 9.10. The van der Waals surface area contributed by atoms with Crippen LogP contribution in [0.5, 0.6) is 0 Å². The van der Waals surface area contributed by atoms with Gasteiger partial charge in [0.15, 0.2) is 0 Å². The third-order valence-electron chi connectivity index (χ3n) is 2.90. The van der Waals surface area contributed by atoms with Crippen LogP contribution >= 0.6 is 0 Å². The first-order valence-corrected chi connectivity index (χ1v) is 7.20. The summed E-state index contributed by atoms with van der Waals surface area (Å²) in [5.74, 6) is 0.980. The summed E-state index contributed by atoms with van der Waals surface area (Å²) in [7, 11) is 1.69. The molecule has 0 atom stereocenters. The van der Waals surface area contributed by atoms with Gasteiger partial charge in [-0.3, -0.25) is 0 Å². The maximum atomic E-state index is 5.41. The van der Waals surface area contributed by atoms with Crippen LogP contribution in [0.4, 0.5) is 5.95 Å². The van der Waals surface area contributed by atoms with E-state index in [0.717, 1.165) is 38.5 Å². The van der Waals surface area contributed by atoms with Crippen molar-refractivity contribution in [3.8, 4) is 0 Å². The van der Waals surface area contributed by atoms with Gasteiger partial charge >= 0.3 is 0 Å². The highest BCUT2D eigenvalue weighted by Crippen LogP contribution is 2.06. The predicted octanol–water partition coefficient (Wildman–Crippen LogP) is 2.54. The minimum Gasteiger partial charge on any atom is -0.382 e. The minimum atomic E-state index is 0.674. The van der Waals surface area contributed by atoms with Gasteiger partial charge in [0.2, 0.25) is 5.95 Å². The number of anilines is 1. The molecule has 0 radical (unpaired) electrons. The highest BCUT2D eigenvalue weighted by molar-refractivity contribution is 5.25. The average molecular weight is 269 g/mol. The standard InChI is InChI=1S/C14H27N3O2/c1-3-4-9-17-10-8-16-14(17)15-7-5-6-11-19-13-12-18-2/h8,10H,3-7,9,11-13H2,1-2H3,(H,15,16). The van der Waals surface area contributed by atoms with E-state index in [0.29, 0.717) is 13.2 Å². The van der Waals surface area contributed by atoms with Crippen molar-refractivity contribution in [3.63, 3.8) is 0 Å². The molecule has 0 bridgehead atoms. The van der Waals surface area contributed by atoms with Crippen molar-refractivity contribution in [2.75, 3.05) is 38.8 Å². The number of imidazole rings is 1. The van der Waals surface area contributed by atoms with Gasteiger partial charge in [0.25, 0.3) is 0 Å². The first-order valence-electron chi connectivity index (χ1n) is 7.20. The van der Waals surface area contributed by atoms with Crippen LogP contribution in [0.2, 0.25) is 0 Å². The van der Waals surface area contributed by atoms with Gasteiger partial charge in [-0.2, -0.15) is 0 Å². The Hall–Kier alpha value is -1.07. The van der Waals surface area contributed by atoms with Gasteiger partial charge in [0, 0.05) is 39.2 Å². The number of rotatable bonds is 12. The van der Waals surface area contributed by atoms with Crippen molar-refractivity contribution in [1.29, 1.82) is 0 Å². The third kappa shape index (κ3) is 7.18. The van der Waals surface area contributed by atoms with E-state index in [1.54, 1.807) is 7.11 Å². The molecule has 0 aliphatic rings. The van der Waals surface area contributed by atoms with Crippen LogP contribution in [0.25, 0.3) is 0 Å². The lowest BCUT2D eigenvalue weighted by Gasteiger charge is -2.09. The lowest BCUT2D eigenvalue weighted by molar-refractivity contribution is 0.0691. The normalized spacial score (nSPS) is 10.8. The monoisotopic (exact) mass is 269 g/mol. The zero-order valence-electron chi connectivity index (χ0n) is 12.2. The van der Waals surface area contributed by atoms with Crippen molar-refractivity contribution in [2.45, 2.75) is 39.2 Å². The Balaban J connectivity index is 2.04. The number of aryl methyl sites for hydroxylation is 1. The lowest BCUT2D eigenvalue weighted by atomic mass is 10.3. The summed E-state index contributed by atoms with van der Waals surface area (Å²) in [5.41, 5.74) is 0. The molecule has 0 aliphatic carbocycles. The fraction of sp³-hybridized carbons (Fsp3) is 0.786. The molecule has 1 aromatic rings. The Labute approximate surface area is 116 Å². The predicted molar refractivity (Wildman–Crippen MR) is 77.6 cm³/mol. The van der Waals surface area contributed by atoms with Crippen LogP contribution in [0, 0.1) is 0 Å². The number of hydrogen-bond donors (Lipinski definition) is 1. The van der Waals surface area contributed by atoms with E-state index in [2.05, 4.69) is 21.8 Å². The number of methoxy groups -OCH3 is 1. The Morgan fingerprint density at radius 3 is 2.89 bits per heavy atom. The van der Waals surface area contributed by atoms with E-state index in [1.807, 2.05) is 12.4 Å². The second-order valence-electron chi connectivity index (χ2n) is 4.54. The van der Waals surface area contributed by atoms with Crippen LogP contribution in [-0.2, 0) is 16.0 Å². The summed E-state index contributed by atoms with van der Waals surface area (Å²) < 4.78 is 12.5. The van der Waals surface area contributed by atoms with Gasteiger partial charge in [-0.1, -0.05) is 13.3 Å². The summed E-state index contributed by atoms with van der Waals surface area (Å²) in [6.45, 7) is 6.34. The maximum Gasteiger partial charge on any atom is 0.202 e. The summed E-state index contributed by atoms with van der Waals surface area (Å²) in [4.78, 5) is 4.33. The van der Waals surface area contributed by atoms with Crippen LogP contribution in [0.3, 0.4) is 0 Å². The van der Waals surface area contributed by atoms with Gasteiger partial charge in [-0.15, -0.1) is 0 Å². The molecule has 5 nitrogen and oxygen atoms in total. The molecule has 0 amide bonds. The van der Waals surface area contributed by atoms with Crippen molar-refractivity contribution in [3.05, 3.63) is 12.4 Å². The molecule has 1 heterocycles. The smallest absolute Gasteiger partial charge is 0.202 e. The van der Waals surface area contributed by atoms with Crippen molar-refractivity contribution >= 4 is 5.95 Å². The molecule has 1 aromatic heterocycles.